The molecule has 1 saturated heterocycles. The van der Waals surface area contributed by atoms with Gasteiger partial charge in [0.1, 0.15) is 30.6 Å². The lowest BCUT2D eigenvalue weighted by Crippen LogP contribution is -2.32. The Morgan fingerprint density at radius 3 is 2.33 bits per heavy atom. The molecule has 40 heavy (non-hydrogen) atoms. The number of hydrogen-bond donors (Lipinski definition) is 0. The molecule has 9 heteroatoms. The lowest BCUT2D eigenvalue weighted by molar-refractivity contribution is -0.0563. The fourth-order valence-electron chi connectivity index (χ4n) is 4.75. The number of esters is 2. The monoisotopic (exact) mass is 553 g/mol. The number of nitrogens with zero attached hydrogens (tertiary/aromatic N) is 3. The van der Waals surface area contributed by atoms with Crippen LogP contribution in [0.15, 0.2) is 84.6 Å². The van der Waals surface area contributed by atoms with Gasteiger partial charge < -0.3 is 14.2 Å². The standard InChI is InChI=1S/C31H27N3O5S/c1-19-5-9-21(10-6-19)30(35)37-17-25-24(39-31(36)22-11-7-20(2)8-12-22)16-27(38-25)34-18-33-28-23(13-14-32-29(28)34)26-4-3-15-40-26/h3-15,18,24-25,27H,16-17H2,1-2H3/t24?,25-,27-/m1/s1. The van der Waals surface area contributed by atoms with E-state index in [-0.39, 0.29) is 6.61 Å². The molecule has 3 atom stereocenters. The number of thiophene rings is 1. The molecule has 0 spiro atoms. The Bertz CT molecular complexity index is 1650. The first kappa shape index (κ1) is 25.9. The molecule has 0 N–H and O–H groups in total. The van der Waals surface area contributed by atoms with Gasteiger partial charge in [-0.15, -0.1) is 11.3 Å². The minimum Gasteiger partial charge on any atom is -0.459 e. The van der Waals surface area contributed by atoms with Crippen LogP contribution in [0.25, 0.3) is 21.6 Å². The van der Waals surface area contributed by atoms with Crippen molar-refractivity contribution in [2.75, 3.05) is 6.61 Å². The summed E-state index contributed by atoms with van der Waals surface area (Å²) in [7, 11) is 0. The number of carbonyl (C=O) groups excluding carboxylic acids is 2. The van der Waals surface area contributed by atoms with Gasteiger partial charge in [0, 0.05) is 23.1 Å². The van der Waals surface area contributed by atoms with E-state index in [0.29, 0.717) is 23.2 Å². The lowest BCUT2D eigenvalue weighted by Gasteiger charge is -2.19. The van der Waals surface area contributed by atoms with Crippen LogP contribution in [0.5, 0.6) is 0 Å². The maximum Gasteiger partial charge on any atom is 0.338 e. The number of imidazole rings is 1. The predicted octanol–water partition coefficient (Wildman–Crippen LogP) is 6.15. The summed E-state index contributed by atoms with van der Waals surface area (Å²) in [4.78, 5) is 36.0. The Balaban J connectivity index is 1.25. The van der Waals surface area contributed by atoms with Crippen molar-refractivity contribution in [3.63, 3.8) is 0 Å². The third-order valence-electron chi connectivity index (χ3n) is 6.95. The van der Waals surface area contributed by atoms with Gasteiger partial charge in [-0.25, -0.2) is 19.6 Å². The average molecular weight is 554 g/mol. The molecule has 3 aromatic heterocycles. The van der Waals surface area contributed by atoms with Crippen molar-refractivity contribution in [2.45, 2.75) is 38.7 Å². The van der Waals surface area contributed by atoms with Crippen LogP contribution in [-0.2, 0) is 14.2 Å². The van der Waals surface area contributed by atoms with Gasteiger partial charge in [-0.05, 0) is 55.6 Å². The van der Waals surface area contributed by atoms with Gasteiger partial charge >= 0.3 is 11.9 Å². The quantitative estimate of drug-likeness (QED) is 0.223. The summed E-state index contributed by atoms with van der Waals surface area (Å²) in [6.45, 7) is 3.83. The van der Waals surface area contributed by atoms with Crippen LogP contribution < -0.4 is 0 Å². The molecule has 202 valence electrons. The molecular weight excluding hydrogens is 526 g/mol. The van der Waals surface area contributed by atoms with Gasteiger partial charge in [0.05, 0.1) is 17.5 Å². The minimum absolute atomic E-state index is 0.0739. The van der Waals surface area contributed by atoms with Crippen molar-refractivity contribution in [2.24, 2.45) is 0 Å². The maximum atomic E-state index is 13.0. The Morgan fingerprint density at radius 1 is 0.950 bits per heavy atom. The van der Waals surface area contributed by atoms with E-state index in [2.05, 4.69) is 9.97 Å². The van der Waals surface area contributed by atoms with E-state index in [1.165, 1.54) is 0 Å². The Hall–Kier alpha value is -4.34. The van der Waals surface area contributed by atoms with E-state index in [1.807, 2.05) is 66.3 Å². The van der Waals surface area contributed by atoms with E-state index >= 15 is 0 Å². The van der Waals surface area contributed by atoms with Crippen LogP contribution in [0, 0.1) is 13.8 Å². The molecule has 1 fully saturated rings. The smallest absolute Gasteiger partial charge is 0.338 e. The van der Waals surface area contributed by atoms with Crippen LogP contribution in [0.4, 0.5) is 0 Å². The van der Waals surface area contributed by atoms with E-state index in [0.717, 1.165) is 27.1 Å². The minimum atomic E-state index is -0.674. The van der Waals surface area contributed by atoms with Gasteiger partial charge in [-0.3, -0.25) is 4.57 Å². The number of carbonyl (C=O) groups is 2. The summed E-state index contributed by atoms with van der Waals surface area (Å²) in [5, 5.41) is 2.02. The van der Waals surface area contributed by atoms with Crippen LogP contribution >= 0.6 is 11.3 Å². The van der Waals surface area contributed by atoms with Crippen LogP contribution in [0.2, 0.25) is 0 Å². The first-order valence-corrected chi connectivity index (χ1v) is 13.9. The Morgan fingerprint density at radius 2 is 1.65 bits per heavy atom. The Kier molecular flexibility index (Phi) is 7.15. The number of aryl methyl sites for hydroxylation is 2. The zero-order chi connectivity index (χ0) is 27.6. The summed E-state index contributed by atoms with van der Waals surface area (Å²) in [5.41, 5.74) is 5.39. The molecule has 4 heterocycles. The van der Waals surface area contributed by atoms with Crippen molar-refractivity contribution >= 4 is 34.4 Å². The number of pyridine rings is 1. The summed E-state index contributed by atoms with van der Waals surface area (Å²) >= 11 is 1.63. The summed E-state index contributed by atoms with van der Waals surface area (Å²) in [6.07, 6.45) is 1.95. The zero-order valence-electron chi connectivity index (χ0n) is 22.0. The van der Waals surface area contributed by atoms with Crippen molar-refractivity contribution in [3.8, 4) is 10.4 Å². The second-order valence-electron chi connectivity index (χ2n) is 9.80. The van der Waals surface area contributed by atoms with E-state index < -0.39 is 30.4 Å². The largest absolute Gasteiger partial charge is 0.459 e. The first-order valence-electron chi connectivity index (χ1n) is 13.0. The molecule has 0 aliphatic carbocycles. The molecule has 0 radical (unpaired) electrons. The average Bonchev–Trinajstić information content (AvgIpc) is 3.72. The van der Waals surface area contributed by atoms with Crippen molar-refractivity contribution in [1.82, 2.24) is 14.5 Å². The maximum absolute atomic E-state index is 13.0. The van der Waals surface area contributed by atoms with Gasteiger partial charge in [0.2, 0.25) is 0 Å². The molecule has 8 nitrogen and oxygen atoms in total. The number of hydrogen-bond acceptors (Lipinski definition) is 8. The van der Waals surface area contributed by atoms with E-state index in [4.69, 9.17) is 14.2 Å². The SMILES string of the molecule is Cc1ccc(C(=O)OC[C@H]2O[C@@H](n3cnc4c(-c5cccs5)ccnc43)CC2OC(=O)c2ccc(C)cc2)cc1. The normalized spacial score (nSPS) is 18.6. The predicted molar refractivity (Wildman–Crippen MR) is 151 cm³/mol. The van der Waals surface area contributed by atoms with Gasteiger partial charge in [-0.1, -0.05) is 41.5 Å². The highest BCUT2D eigenvalue weighted by molar-refractivity contribution is 7.13. The number of fused-ring (bicyclic) bond motifs is 1. The van der Waals surface area contributed by atoms with Crippen molar-refractivity contribution in [3.05, 3.63) is 107 Å². The summed E-state index contributed by atoms with van der Waals surface area (Å²) in [6, 6.07) is 20.3. The molecule has 1 aliphatic heterocycles. The fraction of sp³-hybridized carbons (Fsp3) is 0.226. The number of ether oxygens (including phenoxy) is 3. The molecular formula is C31H27N3O5S. The summed E-state index contributed by atoms with van der Waals surface area (Å²) < 4.78 is 19.7. The highest BCUT2D eigenvalue weighted by atomic mass is 32.1. The van der Waals surface area contributed by atoms with Crippen molar-refractivity contribution in [1.29, 1.82) is 0 Å². The highest BCUT2D eigenvalue weighted by Crippen LogP contribution is 2.36. The molecule has 0 saturated carbocycles. The lowest BCUT2D eigenvalue weighted by atomic mass is 10.1. The number of aromatic nitrogens is 3. The van der Waals surface area contributed by atoms with Crippen LogP contribution in [-0.4, -0.2) is 45.3 Å². The van der Waals surface area contributed by atoms with Crippen molar-refractivity contribution < 1.29 is 23.8 Å². The topological polar surface area (TPSA) is 92.5 Å². The molecule has 0 amide bonds. The zero-order valence-corrected chi connectivity index (χ0v) is 22.8. The van der Waals surface area contributed by atoms with E-state index in [9.17, 15) is 9.59 Å². The summed E-state index contributed by atoms with van der Waals surface area (Å²) in [5.74, 6) is -0.927. The van der Waals surface area contributed by atoms with Crippen LogP contribution in [0.3, 0.4) is 0 Å². The Labute approximate surface area is 235 Å². The molecule has 0 bridgehead atoms. The number of rotatable bonds is 7. The fourth-order valence-corrected chi connectivity index (χ4v) is 5.50. The second-order valence-corrected chi connectivity index (χ2v) is 10.7. The van der Waals surface area contributed by atoms with Gasteiger partial charge in [-0.2, -0.15) is 0 Å². The third kappa shape index (κ3) is 5.25. The first-order chi connectivity index (χ1) is 19.5. The van der Waals surface area contributed by atoms with E-state index in [1.54, 1.807) is 48.1 Å². The molecule has 1 unspecified atom stereocenters. The van der Waals surface area contributed by atoms with Gasteiger partial charge in [0.25, 0.3) is 0 Å². The molecule has 5 aromatic rings. The molecule has 1 aliphatic rings. The molecule has 6 rings (SSSR count). The van der Waals surface area contributed by atoms with Crippen LogP contribution in [0.1, 0.15) is 44.5 Å². The van der Waals surface area contributed by atoms with Gasteiger partial charge in [0.15, 0.2) is 5.65 Å². The third-order valence-corrected chi connectivity index (χ3v) is 7.85. The highest BCUT2D eigenvalue weighted by Gasteiger charge is 2.40. The number of benzene rings is 2. The second kappa shape index (κ2) is 11.0. The molecule has 2 aromatic carbocycles.